The van der Waals surface area contributed by atoms with Gasteiger partial charge >= 0.3 is 5.97 Å². The molecular weight excluding hydrogens is 791 g/mol. The van der Waals surface area contributed by atoms with Gasteiger partial charge in [-0.05, 0) is 77.0 Å². The Hall–Kier alpha value is -2.96. The fourth-order valence-electron chi connectivity index (χ4n) is 7.66. The zero-order valence-electron chi connectivity index (χ0n) is 41.9. The molecule has 0 heterocycles. The maximum absolute atomic E-state index is 13.2. The molecule has 0 spiro atoms. The Labute approximate surface area is 395 Å². The van der Waals surface area contributed by atoms with Crippen molar-refractivity contribution in [2.45, 2.75) is 264 Å². The van der Waals surface area contributed by atoms with Gasteiger partial charge in [0.2, 0.25) is 5.91 Å². The molecule has 6 heteroatoms. The van der Waals surface area contributed by atoms with Crippen LogP contribution in [0, 0.1) is 0 Å². The molecule has 0 saturated heterocycles. The maximum atomic E-state index is 13.2. The number of aliphatic hydroxyl groups is 2. The Morgan fingerprint density at radius 3 is 1.36 bits per heavy atom. The summed E-state index contributed by atoms with van der Waals surface area (Å²) < 4.78 is 5.86. The molecule has 0 aromatic rings. The van der Waals surface area contributed by atoms with Gasteiger partial charge in [0.05, 0.1) is 25.2 Å². The summed E-state index contributed by atoms with van der Waals surface area (Å²) in [5.74, 6) is -0.605. The molecule has 0 radical (unpaired) electrons. The molecule has 368 valence electrons. The van der Waals surface area contributed by atoms with Gasteiger partial charge in [0.25, 0.3) is 0 Å². The van der Waals surface area contributed by atoms with Gasteiger partial charge in [0, 0.05) is 12.8 Å². The van der Waals surface area contributed by atoms with Crippen LogP contribution in [0.5, 0.6) is 0 Å². The van der Waals surface area contributed by atoms with Crippen molar-refractivity contribution in [1.82, 2.24) is 5.32 Å². The lowest BCUT2D eigenvalue weighted by molar-refractivity contribution is -0.150. The third kappa shape index (κ3) is 45.6. The molecule has 0 aliphatic rings. The molecule has 3 unspecified atom stereocenters. The summed E-state index contributed by atoms with van der Waals surface area (Å²) >= 11 is 0. The second kappa shape index (κ2) is 51.0. The molecule has 0 bridgehead atoms. The van der Waals surface area contributed by atoms with E-state index in [0.29, 0.717) is 19.3 Å². The smallest absolute Gasteiger partial charge is 0.306 e. The number of amides is 1. The number of unbranched alkanes of at least 4 members (excludes halogenated alkanes) is 22. The van der Waals surface area contributed by atoms with Gasteiger partial charge in [0.15, 0.2) is 0 Å². The highest BCUT2D eigenvalue weighted by Gasteiger charge is 2.23. The summed E-state index contributed by atoms with van der Waals surface area (Å²) in [6.45, 7) is 6.32. The topological polar surface area (TPSA) is 95.9 Å². The summed E-state index contributed by atoms with van der Waals surface area (Å²) in [5, 5.41) is 23.8. The highest BCUT2D eigenvalue weighted by molar-refractivity contribution is 5.77. The summed E-state index contributed by atoms with van der Waals surface area (Å²) in [4.78, 5) is 26.1. The number of carbonyl (C=O) groups is 2. The third-order valence-electron chi connectivity index (χ3n) is 11.7. The van der Waals surface area contributed by atoms with Crippen molar-refractivity contribution in [3.8, 4) is 0 Å². The quantitative estimate of drug-likeness (QED) is 0.0321. The molecule has 0 aromatic heterocycles. The fraction of sp³-hybridized carbons (Fsp3) is 0.724. The molecule has 0 fully saturated rings. The van der Waals surface area contributed by atoms with E-state index in [0.717, 1.165) is 89.9 Å². The first-order valence-corrected chi connectivity index (χ1v) is 26.8. The summed E-state index contributed by atoms with van der Waals surface area (Å²) in [7, 11) is 0. The minimum atomic E-state index is -0.819. The first-order chi connectivity index (χ1) is 31.5. The van der Waals surface area contributed by atoms with Crippen molar-refractivity contribution in [2.24, 2.45) is 0 Å². The maximum Gasteiger partial charge on any atom is 0.306 e. The van der Waals surface area contributed by atoms with E-state index in [2.05, 4.69) is 99.0 Å². The number of aliphatic hydroxyl groups excluding tert-OH is 2. The molecule has 1 amide bonds. The van der Waals surface area contributed by atoms with E-state index in [1.807, 2.05) is 12.2 Å². The Balaban J connectivity index is 4.71. The Bertz CT molecular complexity index is 1230. The molecule has 0 aliphatic carbocycles. The van der Waals surface area contributed by atoms with Crippen molar-refractivity contribution < 1.29 is 24.5 Å². The van der Waals surface area contributed by atoms with Crippen LogP contribution in [-0.2, 0) is 14.3 Å². The lowest BCUT2D eigenvalue weighted by Crippen LogP contribution is -2.46. The summed E-state index contributed by atoms with van der Waals surface area (Å²) in [5.41, 5.74) is 0. The van der Waals surface area contributed by atoms with Crippen LogP contribution >= 0.6 is 0 Å². The fourth-order valence-corrected chi connectivity index (χ4v) is 7.66. The standard InChI is InChI=1S/C58H101NO5/c1-4-7-10-13-16-19-22-25-28-30-32-35-38-41-44-47-50-56(61)55(53-60)59-57(62)52-54(49-46-43-40-37-34-31-29-26-23-20-17-14-11-8-5-2)64-58(63)51-48-45-42-39-36-33-27-24-21-18-15-12-9-6-3/h9,12,17-18,20-21,26-27,29,33-34,37,43,46,54-56,60-61H,4-8,10-11,13-16,19,22-25,28,30-32,35-36,38-42,44-45,47-53H2,1-3H3,(H,59,62)/b12-9+,20-17-,21-18+,29-26-,33-27+,37-34-,46-43-. The predicted molar refractivity (Wildman–Crippen MR) is 278 cm³/mol. The minimum absolute atomic E-state index is 0.0109. The summed E-state index contributed by atoms with van der Waals surface area (Å²) in [6.07, 6.45) is 66.6. The van der Waals surface area contributed by atoms with Crippen molar-refractivity contribution in [2.75, 3.05) is 6.61 Å². The molecule has 0 aliphatic heterocycles. The van der Waals surface area contributed by atoms with Gasteiger partial charge in [0.1, 0.15) is 6.10 Å². The van der Waals surface area contributed by atoms with E-state index in [9.17, 15) is 19.8 Å². The highest BCUT2D eigenvalue weighted by atomic mass is 16.5. The molecule has 6 nitrogen and oxygen atoms in total. The monoisotopic (exact) mass is 892 g/mol. The average molecular weight is 892 g/mol. The number of nitrogens with one attached hydrogen (secondary N) is 1. The van der Waals surface area contributed by atoms with Gasteiger partial charge in [-0.1, -0.05) is 234 Å². The zero-order valence-corrected chi connectivity index (χ0v) is 41.9. The second-order valence-corrected chi connectivity index (χ2v) is 17.9. The SMILES string of the molecule is CC/C=C/C/C=C/C/C=C/CCCCCCC(=O)OC(C/C=C\C/C=C\C/C=C\C/C=C\CCCCC)CC(=O)NC(CO)C(O)CCCCCCCCCCCCCCCCCC. The number of esters is 1. The van der Waals surface area contributed by atoms with Crippen LogP contribution in [0.15, 0.2) is 85.1 Å². The number of rotatable bonds is 47. The summed E-state index contributed by atoms with van der Waals surface area (Å²) in [6, 6.07) is -0.740. The lowest BCUT2D eigenvalue weighted by Gasteiger charge is -2.24. The molecule has 64 heavy (non-hydrogen) atoms. The minimum Gasteiger partial charge on any atom is -0.461 e. The molecule has 0 rings (SSSR count). The molecule has 3 atom stereocenters. The van der Waals surface area contributed by atoms with E-state index in [1.54, 1.807) is 0 Å². The van der Waals surface area contributed by atoms with Gasteiger partial charge in [-0.2, -0.15) is 0 Å². The Morgan fingerprint density at radius 1 is 0.484 bits per heavy atom. The Kier molecular flexibility index (Phi) is 48.7. The Morgan fingerprint density at radius 2 is 0.875 bits per heavy atom. The predicted octanol–water partition coefficient (Wildman–Crippen LogP) is 16.3. The average Bonchev–Trinajstić information content (AvgIpc) is 3.29. The molecule has 0 aromatic carbocycles. The number of hydrogen-bond donors (Lipinski definition) is 3. The van der Waals surface area contributed by atoms with E-state index in [1.165, 1.54) is 109 Å². The first kappa shape index (κ1) is 61.0. The van der Waals surface area contributed by atoms with Crippen LogP contribution in [0.1, 0.15) is 245 Å². The first-order valence-electron chi connectivity index (χ1n) is 26.8. The number of carbonyl (C=O) groups excluding carboxylic acids is 2. The van der Waals surface area contributed by atoms with Crippen LogP contribution in [0.4, 0.5) is 0 Å². The van der Waals surface area contributed by atoms with Gasteiger partial charge < -0.3 is 20.3 Å². The van der Waals surface area contributed by atoms with Crippen LogP contribution < -0.4 is 5.32 Å². The van der Waals surface area contributed by atoms with Crippen LogP contribution in [0.25, 0.3) is 0 Å². The molecule has 3 N–H and O–H groups in total. The van der Waals surface area contributed by atoms with Gasteiger partial charge in [-0.3, -0.25) is 9.59 Å². The van der Waals surface area contributed by atoms with Crippen molar-refractivity contribution >= 4 is 11.9 Å². The number of ether oxygens (including phenoxy) is 1. The zero-order chi connectivity index (χ0) is 46.7. The van der Waals surface area contributed by atoms with Crippen LogP contribution in [0.2, 0.25) is 0 Å². The van der Waals surface area contributed by atoms with Crippen LogP contribution in [-0.4, -0.2) is 46.9 Å². The number of allylic oxidation sites excluding steroid dienone is 13. The van der Waals surface area contributed by atoms with Crippen LogP contribution in [0.3, 0.4) is 0 Å². The van der Waals surface area contributed by atoms with Crippen molar-refractivity contribution in [1.29, 1.82) is 0 Å². The van der Waals surface area contributed by atoms with Gasteiger partial charge in [-0.15, -0.1) is 0 Å². The molecular formula is C58H101NO5. The van der Waals surface area contributed by atoms with Crippen molar-refractivity contribution in [3.05, 3.63) is 85.1 Å². The largest absolute Gasteiger partial charge is 0.461 e. The normalized spacial score (nSPS) is 13.9. The third-order valence-corrected chi connectivity index (χ3v) is 11.7. The number of hydrogen-bond acceptors (Lipinski definition) is 5. The van der Waals surface area contributed by atoms with E-state index < -0.39 is 18.2 Å². The van der Waals surface area contributed by atoms with E-state index >= 15 is 0 Å². The van der Waals surface area contributed by atoms with E-state index in [4.69, 9.17) is 4.74 Å². The highest BCUT2D eigenvalue weighted by Crippen LogP contribution is 2.16. The second-order valence-electron chi connectivity index (χ2n) is 17.9. The molecule has 0 saturated carbocycles. The van der Waals surface area contributed by atoms with E-state index in [-0.39, 0.29) is 24.9 Å². The van der Waals surface area contributed by atoms with Crippen molar-refractivity contribution in [3.63, 3.8) is 0 Å². The lowest BCUT2D eigenvalue weighted by atomic mass is 10.0. The van der Waals surface area contributed by atoms with Gasteiger partial charge in [-0.25, -0.2) is 0 Å².